The lowest BCUT2D eigenvalue weighted by atomic mass is 10.2. The third-order valence-corrected chi connectivity index (χ3v) is 5.35. The lowest BCUT2D eigenvalue weighted by Gasteiger charge is -2.08. The van der Waals surface area contributed by atoms with E-state index in [-0.39, 0.29) is 25.5 Å². The van der Waals surface area contributed by atoms with Crippen molar-refractivity contribution in [2.24, 2.45) is 0 Å². The lowest BCUT2D eigenvalue weighted by molar-refractivity contribution is -0.142. The number of ether oxygens (including phenoxy) is 3. The summed E-state index contributed by atoms with van der Waals surface area (Å²) in [4.78, 5) is 11.3. The first kappa shape index (κ1) is 20.7. The van der Waals surface area contributed by atoms with E-state index in [1.54, 1.807) is 30.3 Å². The summed E-state index contributed by atoms with van der Waals surface area (Å²) >= 11 is 0. The number of carbonyl (C=O) groups is 1. The van der Waals surface area contributed by atoms with Crippen LogP contribution < -0.4 is 14.2 Å². The highest BCUT2D eigenvalue weighted by molar-refractivity contribution is 7.89. The van der Waals surface area contributed by atoms with Crippen LogP contribution >= 0.6 is 0 Å². The molecular weight excluding hydrogens is 398 g/mol. The van der Waals surface area contributed by atoms with Crippen molar-refractivity contribution >= 4 is 27.0 Å². The Balaban J connectivity index is 1.59. The number of carbonyl (C=O) groups excluding carboxylic acids is 1. The van der Waals surface area contributed by atoms with Crippen LogP contribution in [0.3, 0.4) is 0 Å². The van der Waals surface area contributed by atoms with Crippen molar-refractivity contribution in [3.63, 3.8) is 0 Å². The third-order valence-electron chi connectivity index (χ3n) is 4.06. The third kappa shape index (κ3) is 5.72. The van der Waals surface area contributed by atoms with Gasteiger partial charge < -0.3 is 18.6 Å². The molecule has 1 aromatic heterocycles. The van der Waals surface area contributed by atoms with Crippen molar-refractivity contribution in [1.82, 2.24) is 4.72 Å². The van der Waals surface area contributed by atoms with E-state index in [0.717, 1.165) is 0 Å². The maximum atomic E-state index is 12.2. The molecule has 1 heterocycles. The maximum absolute atomic E-state index is 12.2. The fourth-order valence-corrected chi connectivity index (χ4v) is 3.40. The Labute approximate surface area is 168 Å². The lowest BCUT2D eigenvalue weighted by Crippen LogP contribution is -2.28. The molecule has 0 aliphatic carbocycles. The molecule has 0 radical (unpaired) electrons. The van der Waals surface area contributed by atoms with E-state index in [9.17, 15) is 13.2 Å². The summed E-state index contributed by atoms with van der Waals surface area (Å²) in [6.45, 7) is -0.155. The van der Waals surface area contributed by atoms with E-state index in [4.69, 9.17) is 13.9 Å². The van der Waals surface area contributed by atoms with Crippen LogP contribution in [0.2, 0.25) is 0 Å². The standard InChI is InChI=1S/C20H21NO7S/c1-25-19(22)14-27-18-9-5-8-17-15(13-28-20(17)18)12-21-29(23,24)11-10-26-16-6-3-2-4-7-16/h2-9,13,21H,10-12,14H2,1H3. The maximum Gasteiger partial charge on any atom is 0.343 e. The Morgan fingerprint density at radius 3 is 2.62 bits per heavy atom. The van der Waals surface area contributed by atoms with Gasteiger partial charge in [-0.3, -0.25) is 0 Å². The molecule has 9 heteroatoms. The Morgan fingerprint density at radius 2 is 1.86 bits per heavy atom. The Morgan fingerprint density at radius 1 is 1.07 bits per heavy atom. The molecule has 0 unspecified atom stereocenters. The van der Waals surface area contributed by atoms with Gasteiger partial charge in [-0.2, -0.15) is 0 Å². The molecule has 0 atom stereocenters. The van der Waals surface area contributed by atoms with E-state index < -0.39 is 16.0 Å². The van der Waals surface area contributed by atoms with Crippen LogP contribution in [-0.4, -0.2) is 40.5 Å². The van der Waals surface area contributed by atoms with E-state index >= 15 is 0 Å². The summed E-state index contributed by atoms with van der Waals surface area (Å²) < 4.78 is 47.9. The Hall–Kier alpha value is -3.04. The van der Waals surface area contributed by atoms with Crippen LogP contribution in [0.5, 0.6) is 11.5 Å². The molecule has 8 nitrogen and oxygen atoms in total. The minimum absolute atomic E-state index is 0.0387. The molecule has 0 aliphatic heterocycles. The van der Waals surface area contributed by atoms with Gasteiger partial charge >= 0.3 is 5.97 Å². The first-order chi connectivity index (χ1) is 14.0. The summed E-state index contributed by atoms with van der Waals surface area (Å²) in [5.74, 6) is 0.297. The van der Waals surface area contributed by atoms with Gasteiger partial charge in [0.15, 0.2) is 17.9 Å². The zero-order chi connectivity index (χ0) is 20.7. The molecule has 29 heavy (non-hydrogen) atoms. The largest absolute Gasteiger partial charge is 0.492 e. The first-order valence-electron chi connectivity index (χ1n) is 8.82. The topological polar surface area (TPSA) is 104 Å². The van der Waals surface area contributed by atoms with E-state index in [1.165, 1.54) is 13.4 Å². The quantitative estimate of drug-likeness (QED) is 0.504. The SMILES string of the molecule is COC(=O)COc1cccc2c(CNS(=O)(=O)CCOc3ccccc3)coc12. The number of nitrogens with one attached hydrogen (secondary N) is 1. The fraction of sp³-hybridized carbons (Fsp3) is 0.250. The summed E-state index contributed by atoms with van der Waals surface area (Å²) in [6.07, 6.45) is 1.46. The normalized spacial score (nSPS) is 11.3. The van der Waals surface area contributed by atoms with Crippen LogP contribution in [0, 0.1) is 0 Å². The number of esters is 1. The van der Waals surface area contributed by atoms with E-state index in [2.05, 4.69) is 9.46 Å². The highest BCUT2D eigenvalue weighted by Gasteiger charge is 2.15. The second-order valence-corrected chi connectivity index (χ2v) is 7.99. The van der Waals surface area contributed by atoms with Crippen molar-refractivity contribution in [3.05, 3.63) is 60.4 Å². The number of sulfonamides is 1. The van der Waals surface area contributed by atoms with E-state index in [0.29, 0.717) is 28.0 Å². The molecule has 0 fully saturated rings. The van der Waals surface area contributed by atoms with Gasteiger partial charge in [0.1, 0.15) is 12.4 Å². The van der Waals surface area contributed by atoms with Crippen molar-refractivity contribution in [2.75, 3.05) is 26.1 Å². The predicted molar refractivity (Wildman–Crippen MR) is 106 cm³/mol. The zero-order valence-corrected chi connectivity index (χ0v) is 16.6. The highest BCUT2D eigenvalue weighted by atomic mass is 32.2. The van der Waals surface area contributed by atoms with Crippen LogP contribution in [-0.2, 0) is 26.1 Å². The van der Waals surface area contributed by atoms with E-state index in [1.807, 2.05) is 18.2 Å². The van der Waals surface area contributed by atoms with Gasteiger partial charge in [-0.15, -0.1) is 0 Å². The molecule has 0 saturated carbocycles. The number of hydrogen-bond donors (Lipinski definition) is 1. The zero-order valence-electron chi connectivity index (χ0n) is 15.8. The molecule has 0 saturated heterocycles. The smallest absolute Gasteiger partial charge is 0.343 e. The van der Waals surface area contributed by atoms with Crippen LogP contribution in [0.4, 0.5) is 0 Å². The molecule has 0 amide bonds. The molecular formula is C20H21NO7S. The van der Waals surface area contributed by atoms with Gasteiger partial charge in [0, 0.05) is 17.5 Å². The number of fused-ring (bicyclic) bond motifs is 1. The van der Waals surface area contributed by atoms with Crippen LogP contribution in [0.1, 0.15) is 5.56 Å². The number of rotatable bonds is 10. The molecule has 0 spiro atoms. The minimum Gasteiger partial charge on any atom is -0.492 e. The minimum atomic E-state index is -3.54. The molecule has 3 rings (SSSR count). The van der Waals surface area contributed by atoms with Gasteiger partial charge in [-0.25, -0.2) is 17.9 Å². The predicted octanol–water partition coefficient (Wildman–Crippen LogP) is 2.48. The van der Waals surface area contributed by atoms with Crippen molar-refractivity contribution < 1.29 is 31.8 Å². The Bertz CT molecular complexity index is 1060. The average Bonchev–Trinajstić information content (AvgIpc) is 3.15. The summed E-state index contributed by atoms with van der Waals surface area (Å²) in [5, 5.41) is 0.690. The number of para-hydroxylation sites is 2. The van der Waals surface area contributed by atoms with Crippen LogP contribution in [0.25, 0.3) is 11.0 Å². The molecule has 154 valence electrons. The molecule has 0 aliphatic rings. The molecule has 3 aromatic rings. The average molecular weight is 419 g/mol. The number of benzene rings is 2. The van der Waals surface area contributed by atoms with Gasteiger partial charge in [0.25, 0.3) is 0 Å². The highest BCUT2D eigenvalue weighted by Crippen LogP contribution is 2.29. The molecule has 1 N–H and O–H groups in total. The summed E-state index contributed by atoms with van der Waals surface area (Å²) in [6, 6.07) is 14.2. The second-order valence-electron chi connectivity index (χ2n) is 6.06. The van der Waals surface area contributed by atoms with Crippen molar-refractivity contribution in [2.45, 2.75) is 6.54 Å². The van der Waals surface area contributed by atoms with Crippen molar-refractivity contribution in [3.8, 4) is 11.5 Å². The van der Waals surface area contributed by atoms with Gasteiger partial charge in [-0.05, 0) is 18.2 Å². The molecule has 0 bridgehead atoms. The summed E-state index contributed by atoms with van der Waals surface area (Å²) in [7, 11) is -2.27. The Kier molecular flexibility index (Phi) is 6.73. The number of methoxy groups -OCH3 is 1. The second kappa shape index (κ2) is 9.44. The summed E-state index contributed by atoms with van der Waals surface area (Å²) in [5.41, 5.74) is 1.08. The van der Waals surface area contributed by atoms with Gasteiger partial charge in [0.2, 0.25) is 10.0 Å². The van der Waals surface area contributed by atoms with Gasteiger partial charge in [0.05, 0.1) is 19.1 Å². The first-order valence-corrected chi connectivity index (χ1v) is 10.5. The number of furan rings is 1. The fourth-order valence-electron chi connectivity index (χ4n) is 2.58. The number of hydrogen-bond acceptors (Lipinski definition) is 7. The monoisotopic (exact) mass is 419 g/mol. The van der Waals surface area contributed by atoms with Gasteiger partial charge in [-0.1, -0.05) is 30.3 Å². The molecule has 2 aromatic carbocycles. The van der Waals surface area contributed by atoms with Crippen molar-refractivity contribution in [1.29, 1.82) is 0 Å². The van der Waals surface area contributed by atoms with Crippen LogP contribution in [0.15, 0.2) is 59.2 Å².